The first-order chi connectivity index (χ1) is 7.81. The number of nitrogens with zero attached hydrogens (tertiary/aromatic N) is 3. The highest BCUT2D eigenvalue weighted by Crippen LogP contribution is 2.08. The van der Waals surface area contributed by atoms with Crippen molar-refractivity contribution in [1.82, 2.24) is 14.6 Å². The van der Waals surface area contributed by atoms with Crippen molar-refractivity contribution in [2.45, 2.75) is 33.1 Å². The summed E-state index contributed by atoms with van der Waals surface area (Å²) in [7, 11) is 0. The number of fused-ring (bicyclic) bond motifs is 1. The molecule has 4 heteroatoms. The van der Waals surface area contributed by atoms with Crippen LogP contribution in [0, 0.1) is 6.92 Å². The fourth-order valence-electron chi connectivity index (χ4n) is 1.69. The Bertz CT molecular complexity index is 461. The second-order valence-corrected chi connectivity index (χ2v) is 4.01. The van der Waals surface area contributed by atoms with Crippen molar-refractivity contribution in [1.29, 1.82) is 0 Å². The maximum absolute atomic E-state index is 4.41. The molecular formula is C12H18N4. The van der Waals surface area contributed by atoms with Crippen LogP contribution >= 0.6 is 0 Å². The second-order valence-electron chi connectivity index (χ2n) is 4.01. The van der Waals surface area contributed by atoms with Crippen LogP contribution in [-0.4, -0.2) is 21.1 Å². The standard InChI is InChI=1S/C12H18N4/c1-3-4-5-9-13-12-14-11-8-6-7-10(2)16(11)15-12/h6-8H,3-5,9H2,1-2H3,(H,13,15). The maximum atomic E-state index is 4.41. The zero-order valence-electron chi connectivity index (χ0n) is 9.90. The molecule has 0 aromatic carbocycles. The molecule has 0 saturated carbocycles. The minimum atomic E-state index is 0.727. The number of pyridine rings is 1. The smallest absolute Gasteiger partial charge is 0.243 e. The van der Waals surface area contributed by atoms with E-state index in [0.29, 0.717) is 0 Å². The lowest BCUT2D eigenvalue weighted by molar-refractivity contribution is 0.740. The minimum absolute atomic E-state index is 0.727. The summed E-state index contributed by atoms with van der Waals surface area (Å²) in [5.41, 5.74) is 2.00. The van der Waals surface area contributed by atoms with Crippen LogP contribution < -0.4 is 5.32 Å². The molecule has 16 heavy (non-hydrogen) atoms. The Labute approximate surface area is 95.7 Å². The van der Waals surface area contributed by atoms with Gasteiger partial charge in [-0.05, 0) is 25.5 Å². The molecular weight excluding hydrogens is 200 g/mol. The number of rotatable bonds is 5. The molecule has 0 bridgehead atoms. The fourth-order valence-corrected chi connectivity index (χ4v) is 1.69. The molecule has 86 valence electrons. The minimum Gasteiger partial charge on any atom is -0.353 e. The normalized spacial score (nSPS) is 10.9. The van der Waals surface area contributed by atoms with E-state index in [1.54, 1.807) is 0 Å². The van der Waals surface area contributed by atoms with Gasteiger partial charge in [-0.1, -0.05) is 25.8 Å². The molecule has 0 unspecified atom stereocenters. The van der Waals surface area contributed by atoms with Crippen LogP contribution in [0.4, 0.5) is 5.95 Å². The van der Waals surface area contributed by atoms with E-state index in [2.05, 4.69) is 22.3 Å². The van der Waals surface area contributed by atoms with Gasteiger partial charge in [0, 0.05) is 12.2 Å². The molecule has 0 spiro atoms. The summed E-state index contributed by atoms with van der Waals surface area (Å²) in [6.45, 7) is 5.18. The molecule has 0 atom stereocenters. The number of unbranched alkanes of at least 4 members (excludes halogenated alkanes) is 2. The Morgan fingerprint density at radius 2 is 2.19 bits per heavy atom. The van der Waals surface area contributed by atoms with Gasteiger partial charge < -0.3 is 5.32 Å². The van der Waals surface area contributed by atoms with Gasteiger partial charge >= 0.3 is 0 Å². The van der Waals surface area contributed by atoms with E-state index in [-0.39, 0.29) is 0 Å². The summed E-state index contributed by atoms with van der Waals surface area (Å²) in [4.78, 5) is 4.41. The molecule has 4 nitrogen and oxygen atoms in total. The summed E-state index contributed by atoms with van der Waals surface area (Å²) in [5, 5.41) is 7.66. The molecule has 0 fully saturated rings. The van der Waals surface area contributed by atoms with Gasteiger partial charge in [-0.2, -0.15) is 4.98 Å². The van der Waals surface area contributed by atoms with Crippen LogP contribution in [0.5, 0.6) is 0 Å². The maximum Gasteiger partial charge on any atom is 0.243 e. The van der Waals surface area contributed by atoms with Crippen molar-refractivity contribution in [3.63, 3.8) is 0 Å². The van der Waals surface area contributed by atoms with Gasteiger partial charge in [0.25, 0.3) is 0 Å². The zero-order chi connectivity index (χ0) is 11.4. The van der Waals surface area contributed by atoms with Gasteiger partial charge in [-0.15, -0.1) is 5.10 Å². The van der Waals surface area contributed by atoms with E-state index in [9.17, 15) is 0 Å². The zero-order valence-corrected chi connectivity index (χ0v) is 9.90. The first-order valence-corrected chi connectivity index (χ1v) is 5.87. The summed E-state index contributed by atoms with van der Waals surface area (Å²) in [6, 6.07) is 6.00. The second kappa shape index (κ2) is 4.96. The van der Waals surface area contributed by atoms with Crippen molar-refractivity contribution in [3.8, 4) is 0 Å². The Hall–Kier alpha value is -1.58. The molecule has 0 radical (unpaired) electrons. The lowest BCUT2D eigenvalue weighted by Crippen LogP contribution is -2.03. The van der Waals surface area contributed by atoms with E-state index in [4.69, 9.17) is 0 Å². The Kier molecular flexibility index (Phi) is 3.39. The molecule has 0 aliphatic rings. The molecule has 0 aliphatic carbocycles. The number of aryl methyl sites for hydroxylation is 1. The molecule has 2 aromatic rings. The third kappa shape index (κ3) is 2.32. The predicted octanol–water partition coefficient (Wildman–Crippen LogP) is 2.64. The lowest BCUT2D eigenvalue weighted by atomic mass is 10.2. The van der Waals surface area contributed by atoms with Gasteiger partial charge in [-0.3, -0.25) is 0 Å². The quantitative estimate of drug-likeness (QED) is 0.784. The van der Waals surface area contributed by atoms with Crippen LogP contribution in [0.15, 0.2) is 18.2 Å². The topological polar surface area (TPSA) is 42.2 Å². The van der Waals surface area contributed by atoms with Crippen molar-refractivity contribution >= 4 is 11.6 Å². The van der Waals surface area contributed by atoms with E-state index < -0.39 is 0 Å². The SMILES string of the molecule is CCCCCNc1nc2cccc(C)n2n1. The van der Waals surface area contributed by atoms with Gasteiger partial charge in [0.2, 0.25) is 5.95 Å². The van der Waals surface area contributed by atoms with Crippen LogP contribution in [0.1, 0.15) is 31.9 Å². The highest BCUT2D eigenvalue weighted by atomic mass is 15.3. The number of aromatic nitrogens is 3. The van der Waals surface area contributed by atoms with E-state index in [1.165, 1.54) is 19.3 Å². The van der Waals surface area contributed by atoms with E-state index in [1.807, 2.05) is 29.6 Å². The summed E-state index contributed by atoms with van der Waals surface area (Å²) >= 11 is 0. The van der Waals surface area contributed by atoms with Crippen molar-refractivity contribution in [2.75, 3.05) is 11.9 Å². The van der Waals surface area contributed by atoms with Gasteiger partial charge in [-0.25, -0.2) is 4.52 Å². The Morgan fingerprint density at radius 1 is 1.31 bits per heavy atom. The fraction of sp³-hybridized carbons (Fsp3) is 0.500. The predicted molar refractivity (Wildman–Crippen MR) is 65.7 cm³/mol. The van der Waals surface area contributed by atoms with Crippen LogP contribution in [0.3, 0.4) is 0 Å². The first-order valence-electron chi connectivity index (χ1n) is 5.87. The van der Waals surface area contributed by atoms with Crippen molar-refractivity contribution in [2.24, 2.45) is 0 Å². The monoisotopic (exact) mass is 218 g/mol. The average molecular weight is 218 g/mol. The third-order valence-corrected chi connectivity index (χ3v) is 2.61. The van der Waals surface area contributed by atoms with Crippen LogP contribution in [0.2, 0.25) is 0 Å². The van der Waals surface area contributed by atoms with Gasteiger partial charge in [0.05, 0.1) is 0 Å². The Morgan fingerprint density at radius 3 is 2.94 bits per heavy atom. The molecule has 0 saturated heterocycles. The largest absolute Gasteiger partial charge is 0.353 e. The van der Waals surface area contributed by atoms with Crippen molar-refractivity contribution in [3.05, 3.63) is 23.9 Å². The van der Waals surface area contributed by atoms with Crippen molar-refractivity contribution < 1.29 is 0 Å². The van der Waals surface area contributed by atoms with E-state index in [0.717, 1.165) is 23.8 Å². The number of nitrogens with one attached hydrogen (secondary N) is 1. The summed E-state index contributed by atoms with van der Waals surface area (Å²) in [5.74, 6) is 0.727. The molecule has 2 aromatic heterocycles. The average Bonchev–Trinajstić information content (AvgIpc) is 2.69. The van der Waals surface area contributed by atoms with Gasteiger partial charge in [0.1, 0.15) is 0 Å². The van der Waals surface area contributed by atoms with Crippen LogP contribution in [-0.2, 0) is 0 Å². The third-order valence-electron chi connectivity index (χ3n) is 2.61. The molecule has 2 rings (SSSR count). The summed E-state index contributed by atoms with van der Waals surface area (Å²) in [6.07, 6.45) is 3.66. The number of hydrogen-bond donors (Lipinski definition) is 1. The van der Waals surface area contributed by atoms with Gasteiger partial charge in [0.15, 0.2) is 5.65 Å². The highest BCUT2D eigenvalue weighted by Gasteiger charge is 2.03. The first kappa shape index (κ1) is 10.9. The van der Waals surface area contributed by atoms with Crippen LogP contribution in [0.25, 0.3) is 5.65 Å². The molecule has 2 heterocycles. The number of hydrogen-bond acceptors (Lipinski definition) is 3. The Balaban J connectivity index is 2.05. The highest BCUT2D eigenvalue weighted by molar-refractivity contribution is 5.44. The lowest BCUT2D eigenvalue weighted by Gasteiger charge is -1.99. The molecule has 1 N–H and O–H groups in total. The summed E-state index contributed by atoms with van der Waals surface area (Å²) < 4.78 is 1.86. The molecule has 0 amide bonds. The van der Waals surface area contributed by atoms with E-state index >= 15 is 0 Å². The molecule has 0 aliphatic heterocycles. The number of anilines is 1.